The molecule has 31 heavy (non-hydrogen) atoms. The van der Waals surface area contributed by atoms with E-state index in [1.165, 1.54) is 38.5 Å². The molecule has 2 aromatic heterocycles. The van der Waals surface area contributed by atoms with E-state index >= 15 is 0 Å². The van der Waals surface area contributed by atoms with Crippen molar-refractivity contribution in [3.8, 4) is 11.5 Å². The lowest BCUT2D eigenvalue weighted by Gasteiger charge is -2.24. The van der Waals surface area contributed by atoms with Gasteiger partial charge in [-0.25, -0.2) is 15.0 Å². The van der Waals surface area contributed by atoms with Crippen LogP contribution in [0.5, 0.6) is 0 Å². The van der Waals surface area contributed by atoms with E-state index in [9.17, 15) is 4.79 Å². The van der Waals surface area contributed by atoms with E-state index < -0.39 is 0 Å². The highest BCUT2D eigenvalue weighted by molar-refractivity contribution is 5.93. The fraction of sp³-hybridized carbons (Fsp3) is 0.652. The van der Waals surface area contributed by atoms with E-state index in [0.717, 1.165) is 51.3 Å². The highest BCUT2D eigenvalue weighted by Crippen LogP contribution is 2.32. The minimum atomic E-state index is -0.0650. The lowest BCUT2D eigenvalue weighted by Crippen LogP contribution is -2.36. The molecule has 2 aliphatic rings. The summed E-state index contributed by atoms with van der Waals surface area (Å²) in [5.74, 6) is 0.964. The summed E-state index contributed by atoms with van der Waals surface area (Å²) < 4.78 is 1.91. The fourth-order valence-corrected chi connectivity index (χ4v) is 4.38. The van der Waals surface area contributed by atoms with Crippen molar-refractivity contribution in [2.45, 2.75) is 76.2 Å². The quantitative estimate of drug-likeness (QED) is 0.685. The van der Waals surface area contributed by atoms with E-state index in [1.807, 2.05) is 17.7 Å². The SMILES string of the molecule is CO.CO.Cn1cncc1-c1nc(C(=O)NC2CCCCC2)cc(C2CCCCC2)n1. The monoisotopic (exact) mass is 431 g/mol. The van der Waals surface area contributed by atoms with Crippen molar-refractivity contribution in [2.24, 2.45) is 7.05 Å². The number of aryl methyl sites for hydroxylation is 1. The number of nitrogens with zero attached hydrogens (tertiary/aromatic N) is 4. The first-order chi connectivity index (χ1) is 15.2. The molecule has 172 valence electrons. The molecular weight excluding hydrogens is 394 g/mol. The zero-order valence-corrected chi connectivity index (χ0v) is 19.0. The van der Waals surface area contributed by atoms with Gasteiger partial charge in [-0.3, -0.25) is 4.79 Å². The topological polar surface area (TPSA) is 113 Å². The van der Waals surface area contributed by atoms with Gasteiger partial charge in [0.15, 0.2) is 5.82 Å². The van der Waals surface area contributed by atoms with Gasteiger partial charge in [-0.15, -0.1) is 0 Å². The van der Waals surface area contributed by atoms with E-state index in [1.54, 1.807) is 12.5 Å². The smallest absolute Gasteiger partial charge is 0.270 e. The Balaban J connectivity index is 0.000000807. The first-order valence-corrected chi connectivity index (χ1v) is 11.3. The lowest BCUT2D eigenvalue weighted by molar-refractivity contribution is 0.0922. The second-order valence-electron chi connectivity index (χ2n) is 8.03. The Morgan fingerprint density at radius 2 is 1.58 bits per heavy atom. The van der Waals surface area contributed by atoms with E-state index in [4.69, 9.17) is 15.2 Å². The Morgan fingerprint density at radius 3 is 2.16 bits per heavy atom. The molecule has 0 spiro atoms. The van der Waals surface area contributed by atoms with Crippen LogP contribution in [0, 0.1) is 0 Å². The number of hydrogen-bond acceptors (Lipinski definition) is 6. The molecule has 2 aliphatic carbocycles. The van der Waals surface area contributed by atoms with Crippen LogP contribution in [-0.4, -0.2) is 55.9 Å². The van der Waals surface area contributed by atoms with Gasteiger partial charge in [0.1, 0.15) is 11.4 Å². The highest BCUT2D eigenvalue weighted by atomic mass is 16.2. The van der Waals surface area contributed by atoms with Crippen LogP contribution in [0.15, 0.2) is 18.6 Å². The lowest BCUT2D eigenvalue weighted by atomic mass is 9.86. The van der Waals surface area contributed by atoms with Crippen LogP contribution in [0.2, 0.25) is 0 Å². The Hall–Kier alpha value is -2.32. The molecule has 0 aliphatic heterocycles. The molecule has 0 unspecified atom stereocenters. The van der Waals surface area contributed by atoms with Gasteiger partial charge in [0, 0.05) is 38.9 Å². The molecular formula is C23H37N5O3. The molecule has 0 atom stereocenters. The summed E-state index contributed by atoms with van der Waals surface area (Å²) in [6.45, 7) is 0. The summed E-state index contributed by atoms with van der Waals surface area (Å²) in [6.07, 6.45) is 15.4. The first-order valence-electron chi connectivity index (χ1n) is 11.3. The standard InChI is InChI=1S/C21H29N5O.2CH4O/c1-26-14-22-13-19(26)20-24-17(15-8-4-2-5-9-15)12-18(25-20)21(27)23-16-10-6-3-7-11-16;2*1-2/h12-16H,2-11H2,1H3,(H,23,27);2*2H,1H3. The van der Waals surface area contributed by atoms with Crippen LogP contribution < -0.4 is 5.32 Å². The molecule has 0 bridgehead atoms. The summed E-state index contributed by atoms with van der Waals surface area (Å²) in [4.78, 5) is 26.6. The van der Waals surface area contributed by atoms with Crippen LogP contribution in [0.3, 0.4) is 0 Å². The van der Waals surface area contributed by atoms with Crippen LogP contribution in [0.25, 0.3) is 11.5 Å². The van der Waals surface area contributed by atoms with Crippen molar-refractivity contribution in [1.82, 2.24) is 24.8 Å². The number of amides is 1. The average molecular weight is 432 g/mol. The van der Waals surface area contributed by atoms with E-state index in [-0.39, 0.29) is 11.9 Å². The summed E-state index contributed by atoms with van der Waals surface area (Å²) in [5.41, 5.74) is 2.35. The summed E-state index contributed by atoms with van der Waals surface area (Å²) in [6, 6.07) is 2.20. The number of nitrogens with one attached hydrogen (secondary N) is 1. The number of carbonyl (C=O) groups excluding carboxylic acids is 1. The Labute approximate surface area is 185 Å². The van der Waals surface area contributed by atoms with Crippen molar-refractivity contribution in [3.63, 3.8) is 0 Å². The van der Waals surface area contributed by atoms with Crippen LogP contribution in [0.1, 0.15) is 86.3 Å². The van der Waals surface area contributed by atoms with Gasteiger partial charge in [-0.1, -0.05) is 38.5 Å². The third kappa shape index (κ3) is 6.83. The maximum atomic E-state index is 12.9. The fourth-order valence-electron chi connectivity index (χ4n) is 4.38. The minimum absolute atomic E-state index is 0.0650. The molecule has 2 aromatic rings. The van der Waals surface area contributed by atoms with Gasteiger partial charge in [-0.05, 0) is 31.7 Å². The minimum Gasteiger partial charge on any atom is -0.400 e. The molecule has 0 saturated heterocycles. The van der Waals surface area contributed by atoms with Crippen molar-refractivity contribution in [3.05, 3.63) is 30.0 Å². The normalized spacial score (nSPS) is 17.1. The summed E-state index contributed by atoms with van der Waals surface area (Å²) >= 11 is 0. The largest absolute Gasteiger partial charge is 0.400 e. The zero-order valence-electron chi connectivity index (χ0n) is 19.0. The number of aliphatic hydroxyl groups excluding tert-OH is 2. The molecule has 4 rings (SSSR count). The molecule has 2 heterocycles. The maximum absolute atomic E-state index is 12.9. The van der Waals surface area contributed by atoms with Crippen LogP contribution in [-0.2, 0) is 7.05 Å². The molecule has 0 aromatic carbocycles. The van der Waals surface area contributed by atoms with Gasteiger partial charge < -0.3 is 20.1 Å². The van der Waals surface area contributed by atoms with Gasteiger partial charge in [0.05, 0.1) is 12.5 Å². The van der Waals surface area contributed by atoms with Gasteiger partial charge in [0.25, 0.3) is 5.91 Å². The molecule has 0 radical (unpaired) electrons. The molecule has 8 nitrogen and oxygen atoms in total. The highest BCUT2D eigenvalue weighted by Gasteiger charge is 2.23. The summed E-state index contributed by atoms with van der Waals surface area (Å²) in [7, 11) is 3.93. The maximum Gasteiger partial charge on any atom is 0.270 e. The second-order valence-corrected chi connectivity index (χ2v) is 8.03. The van der Waals surface area contributed by atoms with Gasteiger partial charge in [-0.2, -0.15) is 0 Å². The predicted molar refractivity (Wildman–Crippen MR) is 121 cm³/mol. The number of imidazole rings is 1. The Bertz CT molecular complexity index is 796. The van der Waals surface area contributed by atoms with Crippen LogP contribution in [0.4, 0.5) is 0 Å². The Kier molecular flexibility index (Phi) is 10.6. The number of carbonyl (C=O) groups is 1. The summed E-state index contributed by atoms with van der Waals surface area (Å²) in [5, 5.41) is 17.2. The van der Waals surface area contributed by atoms with Crippen molar-refractivity contribution >= 4 is 5.91 Å². The molecule has 3 N–H and O–H groups in total. The first kappa shape index (κ1) is 24.9. The van der Waals surface area contributed by atoms with Gasteiger partial charge >= 0.3 is 0 Å². The van der Waals surface area contributed by atoms with E-state index in [0.29, 0.717) is 17.4 Å². The van der Waals surface area contributed by atoms with E-state index in [2.05, 4.69) is 15.3 Å². The van der Waals surface area contributed by atoms with Gasteiger partial charge in [0.2, 0.25) is 0 Å². The van der Waals surface area contributed by atoms with Crippen molar-refractivity contribution in [2.75, 3.05) is 14.2 Å². The second kappa shape index (κ2) is 13.2. The zero-order chi connectivity index (χ0) is 22.6. The molecule has 2 saturated carbocycles. The number of hydrogen-bond donors (Lipinski definition) is 3. The van der Waals surface area contributed by atoms with Crippen LogP contribution >= 0.6 is 0 Å². The third-order valence-electron chi connectivity index (χ3n) is 5.99. The average Bonchev–Trinajstić information content (AvgIpc) is 3.28. The van der Waals surface area contributed by atoms with Crippen molar-refractivity contribution in [1.29, 1.82) is 0 Å². The van der Waals surface area contributed by atoms with Crippen molar-refractivity contribution < 1.29 is 15.0 Å². The number of aromatic nitrogens is 4. The third-order valence-corrected chi connectivity index (χ3v) is 5.99. The predicted octanol–water partition coefficient (Wildman–Crippen LogP) is 3.20. The molecule has 2 fully saturated rings. The molecule has 1 amide bonds. The number of aliphatic hydroxyl groups is 2. The number of rotatable bonds is 4. The molecule has 8 heteroatoms. The Morgan fingerprint density at radius 1 is 0.968 bits per heavy atom.